The molecule has 2 aromatic rings. The average Bonchev–Trinajstić information content (AvgIpc) is 3.38. The van der Waals surface area contributed by atoms with Crippen molar-refractivity contribution < 1.29 is 13.2 Å². The molecule has 8 heteroatoms. The van der Waals surface area contributed by atoms with Crippen molar-refractivity contribution >= 4 is 21.6 Å². The number of pyridine rings is 1. The van der Waals surface area contributed by atoms with E-state index in [1.54, 1.807) is 9.30 Å². The number of amides is 1. The lowest BCUT2D eigenvalue weighted by Gasteiger charge is -2.34. The standard InChI is InChI=1S/C16H20N4O3S/c1-12-15(20-7-3-2-4-14(20)17-12)16(21)18-8-10-19(11-9-18)24(22,23)13-5-6-13/h2-4,7,13H,5-6,8-11H2,1H3. The number of sulfonamides is 1. The van der Waals surface area contributed by atoms with E-state index >= 15 is 0 Å². The maximum Gasteiger partial charge on any atom is 0.272 e. The number of nitrogens with zero attached hydrogens (tertiary/aromatic N) is 4. The van der Waals surface area contributed by atoms with Crippen LogP contribution in [-0.4, -0.2) is 64.3 Å². The van der Waals surface area contributed by atoms with E-state index in [9.17, 15) is 13.2 Å². The highest BCUT2D eigenvalue weighted by Gasteiger charge is 2.41. The van der Waals surface area contributed by atoms with Crippen molar-refractivity contribution in [2.24, 2.45) is 0 Å². The third kappa shape index (κ3) is 2.50. The Balaban J connectivity index is 1.53. The predicted molar refractivity (Wildman–Crippen MR) is 89.3 cm³/mol. The Morgan fingerprint density at radius 3 is 2.54 bits per heavy atom. The molecule has 1 amide bonds. The van der Waals surface area contributed by atoms with Crippen molar-refractivity contribution in [3.63, 3.8) is 0 Å². The van der Waals surface area contributed by atoms with Crippen molar-refractivity contribution in [3.05, 3.63) is 35.8 Å². The highest BCUT2D eigenvalue weighted by atomic mass is 32.2. The summed E-state index contributed by atoms with van der Waals surface area (Å²) in [6, 6.07) is 5.62. The van der Waals surface area contributed by atoms with Gasteiger partial charge in [-0.1, -0.05) is 6.07 Å². The van der Waals surface area contributed by atoms with Gasteiger partial charge in [-0.05, 0) is 31.9 Å². The monoisotopic (exact) mass is 348 g/mol. The van der Waals surface area contributed by atoms with Crippen LogP contribution < -0.4 is 0 Å². The number of imidazole rings is 1. The Morgan fingerprint density at radius 2 is 1.88 bits per heavy atom. The SMILES string of the molecule is Cc1nc2ccccn2c1C(=O)N1CCN(S(=O)(=O)C2CC2)CC1. The molecule has 0 N–H and O–H groups in total. The first-order valence-electron chi connectivity index (χ1n) is 8.20. The molecule has 0 radical (unpaired) electrons. The van der Waals surface area contributed by atoms with E-state index < -0.39 is 10.0 Å². The number of aryl methyl sites for hydroxylation is 1. The molecule has 24 heavy (non-hydrogen) atoms. The van der Waals surface area contributed by atoms with Crippen molar-refractivity contribution in [1.82, 2.24) is 18.6 Å². The van der Waals surface area contributed by atoms with Crippen LogP contribution in [0.25, 0.3) is 5.65 Å². The quantitative estimate of drug-likeness (QED) is 0.826. The van der Waals surface area contributed by atoms with Gasteiger partial charge in [-0.2, -0.15) is 4.31 Å². The second-order valence-electron chi connectivity index (χ2n) is 6.41. The predicted octanol–water partition coefficient (Wildman–Crippen LogP) is 0.893. The lowest BCUT2D eigenvalue weighted by Crippen LogP contribution is -2.51. The van der Waals surface area contributed by atoms with Gasteiger partial charge in [0.15, 0.2) is 0 Å². The van der Waals surface area contributed by atoms with Crippen LogP contribution in [0.5, 0.6) is 0 Å². The van der Waals surface area contributed by atoms with Crippen LogP contribution in [0.15, 0.2) is 24.4 Å². The molecule has 1 aliphatic heterocycles. The summed E-state index contributed by atoms with van der Waals surface area (Å²) in [7, 11) is -3.16. The highest BCUT2D eigenvalue weighted by Crippen LogP contribution is 2.31. The van der Waals surface area contributed by atoms with Crippen molar-refractivity contribution in [2.75, 3.05) is 26.2 Å². The van der Waals surface area contributed by atoms with Crippen LogP contribution in [0.1, 0.15) is 29.0 Å². The minimum atomic E-state index is -3.16. The van der Waals surface area contributed by atoms with Gasteiger partial charge in [0.25, 0.3) is 5.91 Å². The topological polar surface area (TPSA) is 75.0 Å². The van der Waals surface area contributed by atoms with Crippen LogP contribution in [0.4, 0.5) is 0 Å². The van der Waals surface area contributed by atoms with Crippen molar-refractivity contribution in [3.8, 4) is 0 Å². The summed E-state index contributed by atoms with van der Waals surface area (Å²) in [5.74, 6) is -0.0883. The number of carbonyl (C=O) groups excluding carboxylic acids is 1. The van der Waals surface area contributed by atoms with Crippen LogP contribution in [-0.2, 0) is 10.0 Å². The smallest absolute Gasteiger partial charge is 0.272 e. The zero-order valence-electron chi connectivity index (χ0n) is 13.6. The average molecular weight is 348 g/mol. The van der Waals surface area contributed by atoms with E-state index in [1.807, 2.05) is 31.3 Å². The van der Waals surface area contributed by atoms with Gasteiger partial charge in [-0.25, -0.2) is 13.4 Å². The number of fused-ring (bicyclic) bond motifs is 1. The molecule has 1 saturated carbocycles. The molecule has 2 aliphatic rings. The molecule has 0 atom stereocenters. The Labute approximate surface area is 140 Å². The van der Waals surface area contributed by atoms with Gasteiger partial charge in [-0.3, -0.25) is 9.20 Å². The Hall–Kier alpha value is -1.93. The van der Waals surface area contributed by atoms with Gasteiger partial charge in [0.05, 0.1) is 10.9 Å². The molecule has 0 aromatic carbocycles. The summed E-state index contributed by atoms with van der Waals surface area (Å²) in [5.41, 5.74) is 2.00. The van der Waals surface area contributed by atoms with E-state index in [1.165, 1.54) is 4.31 Å². The molecule has 0 unspecified atom stereocenters. The molecular formula is C16H20N4O3S. The third-order valence-corrected chi connectivity index (χ3v) is 7.14. The number of piperazine rings is 1. The van der Waals surface area contributed by atoms with Gasteiger partial charge in [-0.15, -0.1) is 0 Å². The molecule has 7 nitrogen and oxygen atoms in total. The summed E-state index contributed by atoms with van der Waals surface area (Å²) < 4.78 is 27.9. The first-order valence-corrected chi connectivity index (χ1v) is 9.71. The molecule has 0 bridgehead atoms. The van der Waals surface area contributed by atoms with Crippen molar-refractivity contribution in [2.45, 2.75) is 25.0 Å². The molecular weight excluding hydrogens is 328 g/mol. The first kappa shape index (κ1) is 15.6. The minimum Gasteiger partial charge on any atom is -0.335 e. The van der Waals surface area contributed by atoms with Gasteiger partial charge < -0.3 is 4.90 Å². The van der Waals surface area contributed by atoms with E-state index in [0.29, 0.717) is 37.6 Å². The summed E-state index contributed by atoms with van der Waals surface area (Å²) in [6.45, 7) is 3.42. The largest absolute Gasteiger partial charge is 0.335 e. The van der Waals surface area contributed by atoms with Gasteiger partial charge in [0, 0.05) is 32.4 Å². The van der Waals surface area contributed by atoms with Gasteiger partial charge in [0.1, 0.15) is 11.3 Å². The molecule has 1 saturated heterocycles. The number of aromatic nitrogens is 2. The van der Waals surface area contributed by atoms with Gasteiger partial charge >= 0.3 is 0 Å². The zero-order valence-corrected chi connectivity index (χ0v) is 14.4. The molecule has 1 aliphatic carbocycles. The second-order valence-corrected chi connectivity index (χ2v) is 8.62. The summed E-state index contributed by atoms with van der Waals surface area (Å²) in [5, 5.41) is -0.194. The second kappa shape index (κ2) is 5.56. The lowest BCUT2D eigenvalue weighted by atomic mass is 10.2. The summed E-state index contributed by atoms with van der Waals surface area (Å²) >= 11 is 0. The number of hydrogen-bond acceptors (Lipinski definition) is 4. The Kier molecular flexibility index (Phi) is 3.61. The maximum absolute atomic E-state index is 12.9. The third-order valence-electron chi connectivity index (χ3n) is 4.74. The fourth-order valence-corrected chi connectivity index (χ4v) is 5.07. The molecule has 3 heterocycles. The van der Waals surface area contributed by atoms with Crippen LogP contribution in [0, 0.1) is 6.92 Å². The molecule has 2 fully saturated rings. The summed E-state index contributed by atoms with van der Waals surface area (Å²) in [4.78, 5) is 19.0. The summed E-state index contributed by atoms with van der Waals surface area (Å²) in [6.07, 6.45) is 3.36. The fourth-order valence-electron chi connectivity index (χ4n) is 3.24. The number of hydrogen-bond donors (Lipinski definition) is 0. The van der Waals surface area contributed by atoms with Crippen LogP contribution in [0.2, 0.25) is 0 Å². The molecule has 0 spiro atoms. The van der Waals surface area contributed by atoms with E-state index in [0.717, 1.165) is 18.5 Å². The first-order chi connectivity index (χ1) is 11.5. The van der Waals surface area contributed by atoms with E-state index in [4.69, 9.17) is 0 Å². The van der Waals surface area contributed by atoms with Gasteiger partial charge in [0.2, 0.25) is 10.0 Å². The lowest BCUT2D eigenvalue weighted by molar-refractivity contribution is 0.0690. The van der Waals surface area contributed by atoms with Crippen molar-refractivity contribution in [1.29, 1.82) is 0 Å². The van der Waals surface area contributed by atoms with Crippen LogP contribution >= 0.6 is 0 Å². The van der Waals surface area contributed by atoms with E-state index in [2.05, 4.69) is 4.98 Å². The fraction of sp³-hybridized carbons (Fsp3) is 0.500. The zero-order chi connectivity index (χ0) is 16.9. The maximum atomic E-state index is 12.9. The minimum absolute atomic E-state index is 0.0883. The van der Waals surface area contributed by atoms with E-state index in [-0.39, 0.29) is 11.2 Å². The normalized spacial score (nSPS) is 19.8. The number of rotatable bonds is 3. The van der Waals surface area contributed by atoms with Crippen LogP contribution in [0.3, 0.4) is 0 Å². The Bertz CT molecular complexity index is 893. The highest BCUT2D eigenvalue weighted by molar-refractivity contribution is 7.90. The molecule has 128 valence electrons. The number of carbonyl (C=O) groups is 1. The Morgan fingerprint density at radius 1 is 1.17 bits per heavy atom. The molecule has 2 aromatic heterocycles. The molecule has 4 rings (SSSR count).